The zero-order chi connectivity index (χ0) is 35.1. The van der Waals surface area contributed by atoms with Crippen LogP contribution in [0.15, 0.2) is 36.4 Å². The number of methoxy groups -OCH3 is 1. The van der Waals surface area contributed by atoms with E-state index in [0.29, 0.717) is 42.9 Å². The predicted octanol–water partition coefficient (Wildman–Crippen LogP) is 4.27. The Balaban J connectivity index is 1.30. The highest BCUT2D eigenvalue weighted by atomic mass is 32.2. The first-order valence-corrected chi connectivity index (χ1v) is 18.9. The lowest BCUT2D eigenvalue weighted by molar-refractivity contribution is -0.140. The molecule has 6 rings (SSSR count). The van der Waals surface area contributed by atoms with Crippen LogP contribution in [0.4, 0.5) is 0 Å². The number of pyridine rings is 1. The van der Waals surface area contributed by atoms with Crippen LogP contribution < -0.4 is 24.2 Å². The number of carbonyl (C=O) groups excluding carboxylic acids is 3. The minimum Gasteiger partial charge on any atom is -0.497 e. The number of nitrogens with one attached hydrogen (secondary N) is 2. The van der Waals surface area contributed by atoms with Gasteiger partial charge in [-0.2, -0.15) is 4.98 Å². The number of fused-ring (bicyclic) bond motifs is 3. The van der Waals surface area contributed by atoms with E-state index >= 15 is 0 Å². The first-order valence-electron chi connectivity index (χ1n) is 17.4. The Labute approximate surface area is 288 Å². The lowest BCUT2D eigenvalue weighted by Gasteiger charge is -2.28. The lowest BCUT2D eigenvalue weighted by atomic mass is 9.91. The Morgan fingerprint density at radius 3 is 2.63 bits per heavy atom. The normalized spacial score (nSPS) is 30.6. The van der Waals surface area contributed by atoms with Crippen LogP contribution in [0.1, 0.15) is 79.1 Å². The van der Waals surface area contributed by atoms with E-state index in [1.807, 2.05) is 37.3 Å². The maximum absolute atomic E-state index is 14.2. The number of hydrogen-bond acceptors (Lipinski definition) is 9. The SMILES string of the molecule is CCOc1cc2cc(OC)ccc2c(O[C@@H]2C[C@H]3C(=O)N[C@]4(C(=O)NS(=O)(=O)C5(C)CC5)C[C@H]4/C=C\CC[C@H](C)C[C@@H](C)CC(=O)N3C2)n1. The largest absolute Gasteiger partial charge is 0.497 e. The molecule has 0 unspecified atom stereocenters. The number of ether oxygens (including phenoxy) is 3. The summed E-state index contributed by atoms with van der Waals surface area (Å²) in [5.41, 5.74) is -1.43. The Morgan fingerprint density at radius 1 is 1.14 bits per heavy atom. The minimum absolute atomic E-state index is 0.100. The third-order valence-corrected chi connectivity index (χ3v) is 12.7. The van der Waals surface area contributed by atoms with Crippen molar-refractivity contribution < 1.29 is 37.0 Å². The molecule has 1 aromatic carbocycles. The molecule has 3 heterocycles. The topological polar surface area (TPSA) is 153 Å². The fourth-order valence-corrected chi connectivity index (χ4v) is 8.51. The molecule has 3 fully saturated rings. The molecule has 12 nitrogen and oxygen atoms in total. The molecule has 13 heteroatoms. The van der Waals surface area contributed by atoms with Gasteiger partial charge in [-0.15, -0.1) is 0 Å². The quantitative estimate of drug-likeness (QED) is 0.386. The van der Waals surface area contributed by atoms with Gasteiger partial charge in [-0.25, -0.2) is 8.42 Å². The third-order valence-electron chi connectivity index (χ3n) is 10.6. The van der Waals surface area contributed by atoms with Gasteiger partial charge in [-0.3, -0.25) is 19.1 Å². The Morgan fingerprint density at radius 2 is 1.92 bits per heavy atom. The third kappa shape index (κ3) is 7.22. The second-order valence-electron chi connectivity index (χ2n) is 14.6. The van der Waals surface area contributed by atoms with Crippen LogP contribution in [0.3, 0.4) is 0 Å². The minimum atomic E-state index is -3.93. The van der Waals surface area contributed by atoms with Gasteiger partial charge >= 0.3 is 0 Å². The van der Waals surface area contributed by atoms with Crippen LogP contribution in [-0.2, 0) is 24.4 Å². The van der Waals surface area contributed by atoms with Gasteiger partial charge in [0.15, 0.2) is 0 Å². The maximum Gasteiger partial charge on any atom is 0.259 e. The molecule has 0 radical (unpaired) electrons. The number of amides is 3. The molecular formula is C36H48N4O8S. The summed E-state index contributed by atoms with van der Waals surface area (Å²) in [5.74, 6) is 0.0313. The molecular weight excluding hydrogens is 648 g/mol. The smallest absolute Gasteiger partial charge is 0.259 e. The maximum atomic E-state index is 14.2. The zero-order valence-electron chi connectivity index (χ0n) is 29.0. The Hall–Kier alpha value is -3.87. The van der Waals surface area contributed by atoms with E-state index in [4.69, 9.17) is 14.2 Å². The van der Waals surface area contributed by atoms with Crippen molar-refractivity contribution in [2.24, 2.45) is 17.8 Å². The van der Waals surface area contributed by atoms with Crippen LogP contribution >= 0.6 is 0 Å². The summed E-state index contributed by atoms with van der Waals surface area (Å²) in [7, 11) is -2.34. The monoisotopic (exact) mass is 696 g/mol. The molecule has 266 valence electrons. The van der Waals surface area contributed by atoms with Crippen LogP contribution in [0.5, 0.6) is 17.5 Å². The highest BCUT2D eigenvalue weighted by Gasteiger charge is 2.63. The molecule has 0 spiro atoms. The Kier molecular flexibility index (Phi) is 9.60. The molecule has 4 aliphatic rings. The van der Waals surface area contributed by atoms with Gasteiger partial charge < -0.3 is 24.4 Å². The average Bonchev–Trinajstić information content (AvgIpc) is 3.92. The van der Waals surface area contributed by atoms with Crippen LogP contribution in [0, 0.1) is 17.8 Å². The number of rotatable bonds is 8. The van der Waals surface area contributed by atoms with Crippen molar-refractivity contribution in [2.75, 3.05) is 20.3 Å². The summed E-state index contributed by atoms with van der Waals surface area (Å²) in [4.78, 5) is 48.0. The number of hydrogen-bond donors (Lipinski definition) is 2. The summed E-state index contributed by atoms with van der Waals surface area (Å²) < 4.78 is 45.0. The first kappa shape index (κ1) is 35.0. The van der Waals surface area contributed by atoms with E-state index < -0.39 is 44.3 Å². The second kappa shape index (κ2) is 13.4. The number of benzene rings is 1. The molecule has 2 aliphatic heterocycles. The molecule has 1 saturated heterocycles. The van der Waals surface area contributed by atoms with E-state index in [9.17, 15) is 22.8 Å². The van der Waals surface area contributed by atoms with Gasteiger partial charge in [0.2, 0.25) is 33.6 Å². The van der Waals surface area contributed by atoms with E-state index in [1.54, 1.807) is 25.0 Å². The van der Waals surface area contributed by atoms with Gasteiger partial charge in [0.05, 0.1) is 25.0 Å². The van der Waals surface area contributed by atoms with Gasteiger partial charge in [-0.1, -0.05) is 26.0 Å². The van der Waals surface area contributed by atoms with Crippen molar-refractivity contribution in [3.05, 3.63) is 36.4 Å². The van der Waals surface area contributed by atoms with E-state index in [0.717, 1.165) is 30.0 Å². The fourth-order valence-electron chi connectivity index (χ4n) is 7.19. The predicted molar refractivity (Wildman–Crippen MR) is 184 cm³/mol. The van der Waals surface area contributed by atoms with Crippen LogP contribution in [0.2, 0.25) is 0 Å². The lowest BCUT2D eigenvalue weighted by Crippen LogP contribution is -2.57. The molecule has 6 atom stereocenters. The van der Waals surface area contributed by atoms with Gasteiger partial charge in [0, 0.05) is 30.2 Å². The van der Waals surface area contributed by atoms with E-state index in [2.05, 4.69) is 28.9 Å². The van der Waals surface area contributed by atoms with Crippen molar-refractivity contribution in [2.45, 2.75) is 101 Å². The van der Waals surface area contributed by atoms with Crippen LogP contribution in [-0.4, -0.2) is 78.7 Å². The molecule has 1 aromatic heterocycles. The first-order chi connectivity index (χ1) is 23.3. The van der Waals surface area contributed by atoms with Gasteiger partial charge in [0.25, 0.3) is 5.91 Å². The Bertz CT molecular complexity index is 1760. The van der Waals surface area contributed by atoms with Crippen molar-refractivity contribution in [3.63, 3.8) is 0 Å². The molecule has 49 heavy (non-hydrogen) atoms. The standard InChI is InChI=1S/C36H48N4O8S/c1-6-47-30-18-24-17-26(46-5)11-12-28(24)33(37-30)48-27-19-29-32(42)38-36(34(43)39-49(44,45)35(4)13-14-35)20-25(36)10-8-7-9-22(2)15-23(3)16-31(41)40(29)21-27/h8,10-12,17-18,22-23,25,27,29H,6-7,9,13-16,19-21H2,1-5H3,(H,38,42)(H,39,43)/b10-8-/t22-,23+,25+,27+,29-,36+/m0/s1. The molecule has 2 aromatic rings. The van der Waals surface area contributed by atoms with Crippen molar-refractivity contribution in [1.82, 2.24) is 19.9 Å². The summed E-state index contributed by atoms with van der Waals surface area (Å²) in [6, 6.07) is 6.39. The number of sulfonamides is 1. The molecule has 2 saturated carbocycles. The summed E-state index contributed by atoms with van der Waals surface area (Å²) in [6.45, 7) is 8.25. The zero-order valence-corrected chi connectivity index (χ0v) is 29.8. The molecule has 0 bridgehead atoms. The van der Waals surface area contributed by atoms with Gasteiger partial charge in [0.1, 0.15) is 23.4 Å². The molecule has 3 amide bonds. The van der Waals surface area contributed by atoms with Crippen molar-refractivity contribution in [1.29, 1.82) is 0 Å². The van der Waals surface area contributed by atoms with Crippen LogP contribution in [0.25, 0.3) is 10.8 Å². The summed E-state index contributed by atoms with van der Waals surface area (Å²) in [6.07, 6.45) is 7.55. The highest BCUT2D eigenvalue weighted by Crippen LogP contribution is 2.47. The molecule has 2 aliphatic carbocycles. The second-order valence-corrected chi connectivity index (χ2v) is 16.8. The van der Waals surface area contributed by atoms with Crippen molar-refractivity contribution in [3.8, 4) is 17.5 Å². The fraction of sp³-hybridized carbons (Fsp3) is 0.611. The summed E-state index contributed by atoms with van der Waals surface area (Å²) >= 11 is 0. The number of allylic oxidation sites excluding steroid dienone is 1. The number of carbonyl (C=O) groups is 3. The summed E-state index contributed by atoms with van der Waals surface area (Å²) in [5, 5.41) is 4.45. The average molecular weight is 697 g/mol. The van der Waals surface area contributed by atoms with E-state index in [1.165, 1.54) is 0 Å². The van der Waals surface area contributed by atoms with Crippen molar-refractivity contribution >= 4 is 38.5 Å². The number of nitrogens with zero attached hydrogens (tertiary/aromatic N) is 2. The van der Waals surface area contributed by atoms with Gasteiger partial charge in [-0.05, 0) is 87.8 Å². The highest BCUT2D eigenvalue weighted by molar-refractivity contribution is 7.91. The molecule has 2 N–H and O–H groups in total. The van der Waals surface area contributed by atoms with E-state index in [-0.39, 0.29) is 43.6 Å². The number of aromatic nitrogens is 1.